The lowest BCUT2D eigenvalue weighted by atomic mass is 9.49. The first-order chi connectivity index (χ1) is 19.4. The van der Waals surface area contributed by atoms with E-state index in [2.05, 4.69) is 20.4 Å². The van der Waals surface area contributed by atoms with Crippen LogP contribution in [-0.2, 0) is 9.47 Å². The number of allylic oxidation sites excluding steroid dienone is 1. The number of hydrogen-bond donors (Lipinski definition) is 2. The summed E-state index contributed by atoms with van der Waals surface area (Å²) in [6.07, 6.45) is -2.88. The fraction of sp³-hybridized carbons (Fsp3) is 0.697. The summed E-state index contributed by atoms with van der Waals surface area (Å²) in [6.45, 7) is 10.4. The Morgan fingerprint density at radius 2 is 1.67 bits per heavy atom. The monoisotopic (exact) mass is 596 g/mol. The molecule has 2 N–H and O–H groups in total. The fourth-order valence-corrected chi connectivity index (χ4v) is 9.21. The third-order valence-corrected chi connectivity index (χ3v) is 11.4. The molecule has 1 heterocycles. The average Bonchev–Trinajstić information content (AvgIpc) is 3.20. The highest BCUT2D eigenvalue weighted by Crippen LogP contribution is 2.71. The standard InChI is InChI=1S/C33H41F5O4/c1-5-20-7-6-8-21(15-20)23-16-28(4)24(11-14-31(28,40)32(34,35)33(36,37)38)22-9-12-29(39)17-30(13-10-25(29)26(22)23)41-18-27(2,3)19-42-30/h5-8,15,22-24,39-40H,1,9-14,16-19H2,2-4H3/t22?,23-,24?,28?,29?,31?/m1/s1. The molecule has 0 amide bonds. The van der Waals surface area contributed by atoms with Crippen LogP contribution < -0.4 is 0 Å². The van der Waals surface area contributed by atoms with Crippen LogP contribution in [-0.4, -0.2) is 52.5 Å². The summed E-state index contributed by atoms with van der Waals surface area (Å²) in [4.78, 5) is 0. The minimum absolute atomic E-state index is 0.0587. The molecule has 1 aliphatic heterocycles. The van der Waals surface area contributed by atoms with Crippen LogP contribution in [0.5, 0.6) is 0 Å². The lowest BCUT2D eigenvalue weighted by molar-refractivity contribution is -0.362. The van der Waals surface area contributed by atoms with Crippen molar-refractivity contribution >= 4 is 6.08 Å². The highest BCUT2D eigenvalue weighted by molar-refractivity contribution is 5.51. The van der Waals surface area contributed by atoms with Gasteiger partial charge in [0.2, 0.25) is 0 Å². The second-order valence-corrected chi connectivity index (χ2v) is 14.6. The normalized spacial score (nSPS) is 39.4. The molecule has 1 aromatic carbocycles. The van der Waals surface area contributed by atoms with Crippen molar-refractivity contribution in [1.82, 2.24) is 0 Å². The van der Waals surface area contributed by atoms with Gasteiger partial charge in [-0.3, -0.25) is 0 Å². The quantitative estimate of drug-likeness (QED) is 0.280. The summed E-state index contributed by atoms with van der Waals surface area (Å²) in [5.74, 6) is -7.65. The highest BCUT2D eigenvalue weighted by Gasteiger charge is 2.79. The zero-order valence-electron chi connectivity index (χ0n) is 24.5. The van der Waals surface area contributed by atoms with Gasteiger partial charge in [0, 0.05) is 29.6 Å². The maximum absolute atomic E-state index is 15.2. The molecule has 3 saturated carbocycles. The Morgan fingerprint density at radius 3 is 2.31 bits per heavy atom. The first kappa shape index (κ1) is 30.2. The molecule has 1 spiro atoms. The fourth-order valence-electron chi connectivity index (χ4n) is 9.21. The number of rotatable bonds is 3. The molecule has 42 heavy (non-hydrogen) atoms. The van der Waals surface area contributed by atoms with Crippen LogP contribution in [0.25, 0.3) is 6.08 Å². The van der Waals surface area contributed by atoms with E-state index in [1.54, 1.807) is 6.08 Å². The molecule has 5 unspecified atom stereocenters. The molecule has 6 atom stereocenters. The number of ether oxygens (including phenoxy) is 2. The van der Waals surface area contributed by atoms with Crippen LogP contribution in [0, 0.1) is 22.7 Å². The lowest BCUT2D eigenvalue weighted by Crippen LogP contribution is -2.65. The SMILES string of the molecule is C=Cc1cccc([C@H]2CC3(C)C(CCC3(O)C(F)(F)C(F)(F)F)C3CCC4(O)CC5(CCC4=C32)OCC(C)(C)CO5)c1. The Morgan fingerprint density at radius 1 is 0.976 bits per heavy atom. The molecular weight excluding hydrogens is 555 g/mol. The zero-order valence-corrected chi connectivity index (χ0v) is 24.5. The minimum atomic E-state index is -5.88. The van der Waals surface area contributed by atoms with Gasteiger partial charge in [-0.05, 0) is 67.1 Å². The van der Waals surface area contributed by atoms with Crippen LogP contribution in [0.2, 0.25) is 0 Å². The maximum atomic E-state index is 15.2. The van der Waals surface area contributed by atoms with Crippen molar-refractivity contribution in [2.45, 2.75) is 107 Å². The number of alkyl halides is 5. The summed E-state index contributed by atoms with van der Waals surface area (Å²) < 4.78 is 84.4. The lowest BCUT2D eigenvalue weighted by Gasteiger charge is -2.59. The molecule has 0 radical (unpaired) electrons. The molecule has 4 aliphatic carbocycles. The largest absolute Gasteiger partial charge is 0.456 e. The Hall–Kier alpha value is -1.81. The van der Waals surface area contributed by atoms with Gasteiger partial charge < -0.3 is 19.7 Å². The van der Waals surface area contributed by atoms with Gasteiger partial charge in [0.1, 0.15) is 5.60 Å². The Labute approximate surface area is 244 Å². The van der Waals surface area contributed by atoms with Gasteiger partial charge >= 0.3 is 12.1 Å². The van der Waals surface area contributed by atoms with Crippen LogP contribution in [0.15, 0.2) is 42.0 Å². The number of halogens is 5. The third kappa shape index (κ3) is 4.20. The molecule has 5 aliphatic rings. The van der Waals surface area contributed by atoms with Crippen molar-refractivity contribution < 1.29 is 41.6 Å². The first-order valence-electron chi connectivity index (χ1n) is 15.0. The van der Waals surface area contributed by atoms with Crippen LogP contribution in [0.1, 0.15) is 89.2 Å². The van der Waals surface area contributed by atoms with Crippen LogP contribution in [0.4, 0.5) is 22.0 Å². The van der Waals surface area contributed by atoms with Gasteiger partial charge in [0.15, 0.2) is 5.79 Å². The molecule has 1 saturated heterocycles. The van der Waals surface area contributed by atoms with Gasteiger partial charge in [0.05, 0.1) is 18.8 Å². The summed E-state index contributed by atoms with van der Waals surface area (Å²) in [7, 11) is 0. The van der Waals surface area contributed by atoms with Crippen molar-refractivity contribution in [1.29, 1.82) is 0 Å². The van der Waals surface area contributed by atoms with Crippen molar-refractivity contribution in [2.24, 2.45) is 22.7 Å². The van der Waals surface area contributed by atoms with Crippen molar-refractivity contribution in [3.05, 3.63) is 53.1 Å². The van der Waals surface area contributed by atoms with Gasteiger partial charge in [-0.1, -0.05) is 63.3 Å². The predicted molar refractivity (Wildman–Crippen MR) is 148 cm³/mol. The maximum Gasteiger partial charge on any atom is 0.456 e. The van der Waals surface area contributed by atoms with Crippen molar-refractivity contribution in [3.8, 4) is 0 Å². The van der Waals surface area contributed by atoms with Crippen molar-refractivity contribution in [3.63, 3.8) is 0 Å². The summed E-state index contributed by atoms with van der Waals surface area (Å²) in [6, 6.07) is 7.41. The predicted octanol–water partition coefficient (Wildman–Crippen LogP) is 7.55. The van der Waals surface area contributed by atoms with E-state index < -0.39 is 52.8 Å². The Kier molecular flexibility index (Phi) is 6.73. The van der Waals surface area contributed by atoms with Gasteiger partial charge in [0.25, 0.3) is 0 Å². The Balaban J connectivity index is 1.47. The van der Waals surface area contributed by atoms with Gasteiger partial charge in [-0.2, -0.15) is 22.0 Å². The molecule has 4 fully saturated rings. The molecule has 9 heteroatoms. The smallest absolute Gasteiger partial charge is 0.385 e. The van der Waals surface area contributed by atoms with Gasteiger partial charge in [-0.25, -0.2) is 0 Å². The van der Waals surface area contributed by atoms with E-state index in [9.17, 15) is 23.4 Å². The molecule has 4 nitrogen and oxygen atoms in total. The number of fused-ring (bicyclic) bond motifs is 4. The van der Waals surface area contributed by atoms with E-state index in [1.165, 1.54) is 6.92 Å². The molecule has 6 rings (SSSR count). The van der Waals surface area contributed by atoms with Crippen molar-refractivity contribution in [2.75, 3.05) is 13.2 Å². The molecular formula is C33H41F5O4. The van der Waals surface area contributed by atoms with E-state index in [4.69, 9.17) is 9.47 Å². The van der Waals surface area contributed by atoms with Crippen LogP contribution in [0.3, 0.4) is 0 Å². The number of benzene rings is 1. The highest BCUT2D eigenvalue weighted by atomic mass is 19.4. The van der Waals surface area contributed by atoms with E-state index in [0.717, 1.165) is 22.3 Å². The Bertz CT molecular complexity index is 1290. The molecule has 0 bridgehead atoms. The van der Waals surface area contributed by atoms with E-state index in [0.29, 0.717) is 38.9 Å². The van der Waals surface area contributed by atoms with Gasteiger partial charge in [-0.15, -0.1) is 0 Å². The minimum Gasteiger partial charge on any atom is -0.385 e. The third-order valence-electron chi connectivity index (χ3n) is 11.4. The summed E-state index contributed by atoms with van der Waals surface area (Å²) >= 11 is 0. The second kappa shape index (κ2) is 9.35. The molecule has 232 valence electrons. The van der Waals surface area contributed by atoms with E-state index in [1.807, 2.05) is 24.3 Å². The number of hydrogen-bond acceptors (Lipinski definition) is 4. The molecule has 0 aromatic heterocycles. The van der Waals surface area contributed by atoms with Crippen LogP contribution >= 0.6 is 0 Å². The van der Waals surface area contributed by atoms with E-state index >= 15 is 8.78 Å². The second-order valence-electron chi connectivity index (χ2n) is 14.6. The zero-order chi connectivity index (χ0) is 30.6. The number of aliphatic hydroxyl groups is 2. The average molecular weight is 597 g/mol. The summed E-state index contributed by atoms with van der Waals surface area (Å²) in [5.41, 5.74) is -2.98. The summed E-state index contributed by atoms with van der Waals surface area (Å²) in [5, 5.41) is 23.7. The first-order valence-corrected chi connectivity index (χ1v) is 15.0. The molecule has 1 aromatic rings. The topological polar surface area (TPSA) is 58.9 Å². The van der Waals surface area contributed by atoms with E-state index in [-0.39, 0.29) is 30.6 Å².